The first-order valence-electron chi connectivity index (χ1n) is 7.73. The van der Waals surface area contributed by atoms with E-state index in [2.05, 4.69) is 43.0 Å². The Bertz CT molecular complexity index is 423. The number of rotatable bonds is 4. The van der Waals surface area contributed by atoms with Crippen molar-refractivity contribution in [2.24, 2.45) is 11.7 Å². The Kier molecular flexibility index (Phi) is 5.19. The number of piperidine rings is 1. The van der Waals surface area contributed by atoms with Gasteiger partial charge in [0, 0.05) is 12.1 Å². The second-order valence-corrected chi connectivity index (χ2v) is 6.33. The number of nitrogens with zero attached hydrogens (tertiary/aromatic N) is 1. The van der Waals surface area contributed by atoms with E-state index in [1.807, 2.05) is 6.92 Å². The molecule has 1 aromatic carbocycles. The van der Waals surface area contributed by atoms with Crippen LogP contribution in [0.5, 0.6) is 0 Å². The van der Waals surface area contributed by atoms with Gasteiger partial charge in [-0.3, -0.25) is 4.90 Å². The van der Waals surface area contributed by atoms with Crippen molar-refractivity contribution in [1.82, 2.24) is 4.90 Å². The molecule has 1 aromatic rings. The van der Waals surface area contributed by atoms with Crippen LogP contribution in [0.2, 0.25) is 0 Å². The fourth-order valence-electron chi connectivity index (χ4n) is 3.38. The van der Waals surface area contributed by atoms with E-state index in [1.54, 1.807) is 0 Å². The van der Waals surface area contributed by atoms with Crippen LogP contribution in [-0.4, -0.2) is 35.2 Å². The number of hydrogen-bond donors (Lipinski definition) is 2. The third-order valence-electron chi connectivity index (χ3n) is 4.53. The standard InChI is InChI=1S/C17H28N2O/c1-12-5-4-6-16(11-12)17(13(2)18)19-9-7-15(8-10-19)14(3)20/h4-6,11,13-15,17,20H,7-10,18H2,1-3H3. The lowest BCUT2D eigenvalue weighted by molar-refractivity contribution is 0.0511. The molecule has 0 bridgehead atoms. The molecule has 3 heteroatoms. The van der Waals surface area contributed by atoms with Crippen LogP contribution < -0.4 is 5.73 Å². The van der Waals surface area contributed by atoms with Crippen LogP contribution in [0.1, 0.15) is 43.9 Å². The van der Waals surface area contributed by atoms with Gasteiger partial charge in [0.2, 0.25) is 0 Å². The van der Waals surface area contributed by atoms with Gasteiger partial charge in [-0.1, -0.05) is 29.8 Å². The summed E-state index contributed by atoms with van der Waals surface area (Å²) in [6, 6.07) is 9.06. The van der Waals surface area contributed by atoms with Gasteiger partial charge in [-0.2, -0.15) is 0 Å². The van der Waals surface area contributed by atoms with E-state index < -0.39 is 0 Å². The highest BCUT2D eigenvalue weighted by atomic mass is 16.3. The normalized spacial score (nSPS) is 22.4. The Labute approximate surface area is 122 Å². The molecule has 3 N–H and O–H groups in total. The summed E-state index contributed by atoms with van der Waals surface area (Å²) in [4.78, 5) is 2.48. The lowest BCUT2D eigenvalue weighted by atomic mass is 9.89. The van der Waals surface area contributed by atoms with Crippen LogP contribution in [0.15, 0.2) is 24.3 Å². The monoisotopic (exact) mass is 276 g/mol. The van der Waals surface area contributed by atoms with Crippen molar-refractivity contribution in [1.29, 1.82) is 0 Å². The molecule has 1 saturated heterocycles. The molecule has 3 nitrogen and oxygen atoms in total. The molecule has 1 aliphatic heterocycles. The van der Waals surface area contributed by atoms with Crippen molar-refractivity contribution >= 4 is 0 Å². The first kappa shape index (κ1) is 15.5. The predicted molar refractivity (Wildman–Crippen MR) is 83.5 cm³/mol. The fraction of sp³-hybridized carbons (Fsp3) is 0.647. The van der Waals surface area contributed by atoms with E-state index in [0.29, 0.717) is 5.92 Å². The van der Waals surface area contributed by atoms with Crippen molar-refractivity contribution in [3.63, 3.8) is 0 Å². The Morgan fingerprint density at radius 3 is 2.40 bits per heavy atom. The zero-order valence-electron chi connectivity index (χ0n) is 12.9. The van der Waals surface area contributed by atoms with Crippen LogP contribution in [0.25, 0.3) is 0 Å². The van der Waals surface area contributed by atoms with Gasteiger partial charge in [0.15, 0.2) is 0 Å². The summed E-state index contributed by atoms with van der Waals surface area (Å²) in [5, 5.41) is 9.72. The first-order chi connectivity index (χ1) is 9.49. The third-order valence-corrected chi connectivity index (χ3v) is 4.53. The van der Waals surface area contributed by atoms with Crippen molar-refractivity contribution < 1.29 is 5.11 Å². The highest BCUT2D eigenvalue weighted by Gasteiger charge is 2.29. The van der Waals surface area contributed by atoms with E-state index in [9.17, 15) is 5.11 Å². The Hall–Kier alpha value is -0.900. The third kappa shape index (κ3) is 3.60. The lowest BCUT2D eigenvalue weighted by Crippen LogP contribution is -2.45. The molecule has 20 heavy (non-hydrogen) atoms. The van der Waals surface area contributed by atoms with Gasteiger partial charge in [0.25, 0.3) is 0 Å². The number of aliphatic hydroxyl groups is 1. The molecule has 3 atom stereocenters. The van der Waals surface area contributed by atoms with Crippen LogP contribution >= 0.6 is 0 Å². The van der Waals surface area contributed by atoms with Gasteiger partial charge in [0.05, 0.1) is 6.10 Å². The number of likely N-dealkylation sites (tertiary alicyclic amines) is 1. The molecular formula is C17H28N2O. The van der Waals surface area contributed by atoms with Crippen LogP contribution in [0.3, 0.4) is 0 Å². The van der Waals surface area contributed by atoms with Crippen molar-refractivity contribution in [3.8, 4) is 0 Å². The minimum absolute atomic E-state index is 0.111. The molecule has 0 aromatic heterocycles. The maximum Gasteiger partial charge on any atom is 0.0541 e. The van der Waals surface area contributed by atoms with E-state index >= 15 is 0 Å². The molecule has 0 radical (unpaired) electrons. The second kappa shape index (κ2) is 6.70. The number of nitrogens with two attached hydrogens (primary N) is 1. The average molecular weight is 276 g/mol. The minimum Gasteiger partial charge on any atom is -0.393 e. The van der Waals surface area contributed by atoms with Crippen LogP contribution in [0, 0.1) is 12.8 Å². The molecule has 0 amide bonds. The van der Waals surface area contributed by atoms with E-state index in [4.69, 9.17) is 5.73 Å². The maximum atomic E-state index is 9.72. The fourth-order valence-corrected chi connectivity index (χ4v) is 3.38. The average Bonchev–Trinajstić information content (AvgIpc) is 2.39. The summed E-state index contributed by atoms with van der Waals surface area (Å²) in [6.07, 6.45) is 1.93. The molecule has 3 unspecified atom stereocenters. The quantitative estimate of drug-likeness (QED) is 0.888. The molecule has 0 saturated carbocycles. The molecule has 1 aliphatic rings. The smallest absolute Gasteiger partial charge is 0.0541 e. The number of aliphatic hydroxyl groups excluding tert-OH is 1. The highest BCUT2D eigenvalue weighted by molar-refractivity contribution is 5.26. The lowest BCUT2D eigenvalue weighted by Gasteiger charge is -2.40. The van der Waals surface area contributed by atoms with Crippen molar-refractivity contribution in [3.05, 3.63) is 35.4 Å². The topological polar surface area (TPSA) is 49.5 Å². The van der Waals surface area contributed by atoms with Gasteiger partial charge >= 0.3 is 0 Å². The van der Waals surface area contributed by atoms with Crippen LogP contribution in [-0.2, 0) is 0 Å². The first-order valence-corrected chi connectivity index (χ1v) is 7.73. The number of aryl methyl sites for hydroxylation is 1. The second-order valence-electron chi connectivity index (χ2n) is 6.33. The molecule has 0 aliphatic carbocycles. The van der Waals surface area contributed by atoms with E-state index in [1.165, 1.54) is 11.1 Å². The zero-order chi connectivity index (χ0) is 14.7. The zero-order valence-corrected chi connectivity index (χ0v) is 12.9. The Morgan fingerprint density at radius 2 is 1.90 bits per heavy atom. The molecule has 0 spiro atoms. The van der Waals surface area contributed by atoms with Crippen molar-refractivity contribution in [2.75, 3.05) is 13.1 Å². The van der Waals surface area contributed by atoms with Gasteiger partial charge < -0.3 is 10.8 Å². The van der Waals surface area contributed by atoms with Gasteiger partial charge in [-0.05, 0) is 58.2 Å². The highest BCUT2D eigenvalue weighted by Crippen LogP contribution is 2.30. The summed E-state index contributed by atoms with van der Waals surface area (Å²) in [6.45, 7) is 8.17. The maximum absolute atomic E-state index is 9.72. The van der Waals surface area contributed by atoms with Crippen LogP contribution in [0.4, 0.5) is 0 Å². The summed E-state index contributed by atoms with van der Waals surface area (Å²) >= 11 is 0. The summed E-state index contributed by atoms with van der Waals surface area (Å²) < 4.78 is 0. The van der Waals surface area contributed by atoms with E-state index in [-0.39, 0.29) is 18.2 Å². The minimum atomic E-state index is -0.190. The van der Waals surface area contributed by atoms with Gasteiger partial charge in [-0.25, -0.2) is 0 Å². The van der Waals surface area contributed by atoms with Gasteiger partial charge in [-0.15, -0.1) is 0 Å². The number of hydrogen-bond acceptors (Lipinski definition) is 3. The molecular weight excluding hydrogens is 248 g/mol. The Morgan fingerprint density at radius 1 is 1.25 bits per heavy atom. The molecule has 112 valence electrons. The molecule has 2 rings (SSSR count). The summed E-state index contributed by atoms with van der Waals surface area (Å²) in [5.41, 5.74) is 8.85. The van der Waals surface area contributed by atoms with Gasteiger partial charge in [0.1, 0.15) is 0 Å². The molecule has 1 heterocycles. The Balaban J connectivity index is 2.11. The molecule has 1 fully saturated rings. The largest absolute Gasteiger partial charge is 0.393 e. The van der Waals surface area contributed by atoms with E-state index in [0.717, 1.165) is 25.9 Å². The number of benzene rings is 1. The summed E-state index contributed by atoms with van der Waals surface area (Å²) in [7, 11) is 0. The summed E-state index contributed by atoms with van der Waals surface area (Å²) in [5.74, 6) is 0.442. The SMILES string of the molecule is Cc1cccc(C(C(C)N)N2CCC(C(C)O)CC2)c1. The predicted octanol–water partition coefficient (Wildman–Crippen LogP) is 2.48. The van der Waals surface area contributed by atoms with Crippen molar-refractivity contribution in [2.45, 2.75) is 51.8 Å².